The van der Waals surface area contributed by atoms with Crippen LogP contribution in [-0.2, 0) is 18.4 Å². The molecule has 0 bridgehead atoms. The number of aryl methyl sites for hydroxylation is 1. The molecule has 8 heteroatoms. The molecule has 2 amide bonds. The van der Waals surface area contributed by atoms with Crippen LogP contribution in [0.4, 0.5) is 0 Å². The smallest absolute Gasteiger partial charge is 0.257 e. The van der Waals surface area contributed by atoms with E-state index in [0.29, 0.717) is 18.7 Å². The number of carbonyl (C=O) groups excluding carboxylic acids is 2. The van der Waals surface area contributed by atoms with Crippen LogP contribution in [0.1, 0.15) is 28.8 Å². The fourth-order valence-corrected chi connectivity index (χ4v) is 5.02. The summed E-state index contributed by atoms with van der Waals surface area (Å²) in [7, 11) is 5.57. The monoisotopic (exact) mass is 399 g/mol. The van der Waals surface area contributed by atoms with Crippen LogP contribution in [0.15, 0.2) is 35.4 Å². The van der Waals surface area contributed by atoms with Crippen molar-refractivity contribution in [3.63, 3.8) is 0 Å². The number of rotatable bonds is 4. The van der Waals surface area contributed by atoms with Gasteiger partial charge in [-0.05, 0) is 18.9 Å². The normalized spacial score (nSPS) is 24.9. The molecule has 29 heavy (non-hydrogen) atoms. The molecule has 2 fully saturated rings. The Morgan fingerprint density at radius 2 is 2.17 bits per heavy atom. The number of hydrogen-bond donors (Lipinski definition) is 0. The third-order valence-electron chi connectivity index (χ3n) is 6.31. The maximum atomic E-state index is 13.3. The molecule has 0 saturated carbocycles. The minimum Gasteiger partial charge on any atom is -0.472 e. The van der Waals surface area contributed by atoms with E-state index in [4.69, 9.17) is 4.42 Å². The van der Waals surface area contributed by atoms with Gasteiger partial charge >= 0.3 is 0 Å². The molecule has 4 rings (SSSR count). The second kappa shape index (κ2) is 7.67. The lowest BCUT2D eigenvalue weighted by molar-refractivity contribution is -0.141. The Balaban J connectivity index is 1.58. The summed E-state index contributed by atoms with van der Waals surface area (Å²) in [5.74, 6) is 0.263. The van der Waals surface area contributed by atoms with Gasteiger partial charge in [-0.1, -0.05) is 0 Å². The number of amides is 2. The Bertz CT molecular complexity index is 875. The second-order valence-electron chi connectivity index (χ2n) is 8.61. The number of likely N-dealkylation sites (tertiary alicyclic amines) is 2. The van der Waals surface area contributed by atoms with Crippen LogP contribution in [-0.4, -0.2) is 76.6 Å². The predicted octanol–water partition coefficient (Wildman–Crippen LogP) is 1.46. The molecule has 2 aliphatic rings. The summed E-state index contributed by atoms with van der Waals surface area (Å²) in [5.41, 5.74) is 1.27. The summed E-state index contributed by atoms with van der Waals surface area (Å²) >= 11 is 0. The number of carbonyl (C=O) groups is 2. The van der Waals surface area contributed by atoms with Crippen molar-refractivity contribution >= 4 is 11.8 Å². The van der Waals surface area contributed by atoms with Crippen molar-refractivity contribution in [1.29, 1.82) is 0 Å². The highest BCUT2D eigenvalue weighted by atomic mass is 16.3. The average molecular weight is 399 g/mol. The highest BCUT2D eigenvalue weighted by Crippen LogP contribution is 2.44. The zero-order valence-corrected chi connectivity index (χ0v) is 17.4. The molecule has 2 aliphatic heterocycles. The first-order valence-corrected chi connectivity index (χ1v) is 10.1. The molecule has 2 aromatic rings. The Morgan fingerprint density at radius 1 is 1.34 bits per heavy atom. The van der Waals surface area contributed by atoms with Gasteiger partial charge in [0.2, 0.25) is 5.91 Å². The van der Waals surface area contributed by atoms with Crippen molar-refractivity contribution < 1.29 is 14.0 Å². The SMILES string of the molecule is CN(C)C(=O)[C@]12CCCN(C(=O)c3ccoc3)C[C@H]1CN(Cc1cnn(C)c1)C2. The lowest BCUT2D eigenvalue weighted by atomic mass is 9.74. The molecule has 0 radical (unpaired) electrons. The lowest BCUT2D eigenvalue weighted by Gasteiger charge is -2.35. The van der Waals surface area contributed by atoms with Crippen LogP contribution in [0.5, 0.6) is 0 Å². The van der Waals surface area contributed by atoms with Gasteiger partial charge in [0, 0.05) is 71.5 Å². The van der Waals surface area contributed by atoms with Crippen molar-refractivity contribution in [2.45, 2.75) is 19.4 Å². The first-order valence-electron chi connectivity index (χ1n) is 10.1. The molecule has 0 aromatic carbocycles. The molecule has 2 aromatic heterocycles. The molecule has 156 valence electrons. The van der Waals surface area contributed by atoms with Gasteiger partial charge in [-0.25, -0.2) is 0 Å². The molecule has 2 saturated heterocycles. The van der Waals surface area contributed by atoms with Gasteiger partial charge < -0.3 is 14.2 Å². The largest absolute Gasteiger partial charge is 0.472 e. The molecular weight excluding hydrogens is 370 g/mol. The van der Waals surface area contributed by atoms with Gasteiger partial charge in [0.25, 0.3) is 5.91 Å². The number of fused-ring (bicyclic) bond motifs is 1. The lowest BCUT2D eigenvalue weighted by Crippen LogP contribution is -2.47. The third-order valence-corrected chi connectivity index (χ3v) is 6.31. The molecule has 8 nitrogen and oxygen atoms in total. The van der Waals surface area contributed by atoms with Gasteiger partial charge in [-0.3, -0.25) is 19.2 Å². The zero-order chi connectivity index (χ0) is 20.6. The Hall–Kier alpha value is -2.61. The van der Waals surface area contributed by atoms with E-state index in [1.54, 1.807) is 15.6 Å². The minimum atomic E-state index is -0.447. The topological polar surface area (TPSA) is 74.8 Å². The highest BCUT2D eigenvalue weighted by molar-refractivity contribution is 5.94. The highest BCUT2D eigenvalue weighted by Gasteiger charge is 2.53. The Labute approximate surface area is 171 Å². The Morgan fingerprint density at radius 3 is 2.83 bits per heavy atom. The number of furan rings is 1. The van der Waals surface area contributed by atoms with Crippen LogP contribution in [0.3, 0.4) is 0 Å². The second-order valence-corrected chi connectivity index (χ2v) is 8.61. The fraction of sp³-hybridized carbons (Fsp3) is 0.571. The summed E-state index contributed by atoms with van der Waals surface area (Å²) in [6, 6.07) is 1.70. The minimum absolute atomic E-state index is 0.0161. The van der Waals surface area contributed by atoms with E-state index in [1.165, 1.54) is 12.5 Å². The van der Waals surface area contributed by atoms with E-state index in [1.807, 2.05) is 38.4 Å². The van der Waals surface area contributed by atoms with E-state index in [9.17, 15) is 9.59 Å². The molecular formula is C21H29N5O3. The predicted molar refractivity (Wildman–Crippen MR) is 107 cm³/mol. The van der Waals surface area contributed by atoms with Crippen molar-refractivity contribution in [1.82, 2.24) is 24.5 Å². The van der Waals surface area contributed by atoms with Crippen molar-refractivity contribution in [2.24, 2.45) is 18.4 Å². The first kappa shape index (κ1) is 19.7. The molecule has 0 aliphatic carbocycles. The van der Waals surface area contributed by atoms with E-state index >= 15 is 0 Å². The van der Waals surface area contributed by atoms with Gasteiger partial charge in [-0.2, -0.15) is 5.10 Å². The molecule has 0 N–H and O–H groups in total. The van der Waals surface area contributed by atoms with Gasteiger partial charge in [-0.15, -0.1) is 0 Å². The van der Waals surface area contributed by atoms with Gasteiger partial charge in [0.05, 0.1) is 23.4 Å². The van der Waals surface area contributed by atoms with E-state index in [0.717, 1.165) is 38.0 Å². The zero-order valence-electron chi connectivity index (χ0n) is 17.4. The standard InChI is InChI=1S/C21H29N5O3/c1-23(2)20(28)21-6-4-7-26(19(27)17-5-8-29-14-17)13-18(21)12-25(15-21)11-16-9-22-24(3)10-16/h5,8-10,14,18H,4,6-7,11-13,15H2,1-3H3/t18-,21+/m1/s1. The average Bonchev–Trinajstić information content (AvgIpc) is 3.40. The van der Waals surface area contributed by atoms with Crippen LogP contribution in [0, 0.1) is 11.3 Å². The van der Waals surface area contributed by atoms with Crippen molar-refractivity contribution in [3.8, 4) is 0 Å². The number of nitrogens with zero attached hydrogens (tertiary/aromatic N) is 5. The molecule has 0 spiro atoms. The number of hydrogen-bond acceptors (Lipinski definition) is 5. The van der Waals surface area contributed by atoms with Crippen LogP contribution < -0.4 is 0 Å². The summed E-state index contributed by atoms with van der Waals surface area (Å²) in [5, 5.41) is 4.26. The van der Waals surface area contributed by atoms with Gasteiger partial charge in [0.1, 0.15) is 6.26 Å². The number of aromatic nitrogens is 2. The van der Waals surface area contributed by atoms with E-state index in [-0.39, 0.29) is 17.7 Å². The van der Waals surface area contributed by atoms with Crippen molar-refractivity contribution in [3.05, 3.63) is 42.1 Å². The Kier molecular flexibility index (Phi) is 5.21. The molecule has 4 heterocycles. The summed E-state index contributed by atoms with van der Waals surface area (Å²) in [4.78, 5) is 32.2. The summed E-state index contributed by atoms with van der Waals surface area (Å²) < 4.78 is 6.90. The third kappa shape index (κ3) is 3.69. The fourth-order valence-electron chi connectivity index (χ4n) is 5.02. The van der Waals surface area contributed by atoms with Crippen LogP contribution in [0.2, 0.25) is 0 Å². The van der Waals surface area contributed by atoms with E-state index < -0.39 is 5.41 Å². The van der Waals surface area contributed by atoms with Crippen LogP contribution in [0.25, 0.3) is 0 Å². The van der Waals surface area contributed by atoms with E-state index in [2.05, 4.69) is 10.00 Å². The maximum Gasteiger partial charge on any atom is 0.257 e. The quantitative estimate of drug-likeness (QED) is 0.778. The summed E-state index contributed by atoms with van der Waals surface area (Å²) in [6.45, 7) is 3.54. The molecule has 0 unspecified atom stereocenters. The summed E-state index contributed by atoms with van der Waals surface area (Å²) in [6.07, 6.45) is 8.53. The van der Waals surface area contributed by atoms with Gasteiger partial charge in [0.15, 0.2) is 0 Å². The van der Waals surface area contributed by atoms with Crippen LogP contribution >= 0.6 is 0 Å². The van der Waals surface area contributed by atoms with Crippen molar-refractivity contribution in [2.75, 3.05) is 40.3 Å². The first-order chi connectivity index (χ1) is 13.9. The molecule has 2 atom stereocenters. The maximum absolute atomic E-state index is 13.3.